The van der Waals surface area contributed by atoms with Crippen molar-refractivity contribution in [2.45, 2.75) is 54.8 Å². The van der Waals surface area contributed by atoms with Gasteiger partial charge in [-0.3, -0.25) is 9.11 Å². The SMILES string of the molecule is O=S(=O)(O)O.OC[C@H]1O[C@@](CO)(O[C@H]2O[C@H](CO)[C@@H](O)[C@H](O)[C@H]2O)[C@@H](O)[C@@H]1O.[KH].[KH].[KH].[KH].[KH].[KH]. The van der Waals surface area contributed by atoms with Crippen molar-refractivity contribution < 1.29 is 72.6 Å². The third-order valence-corrected chi connectivity index (χ3v) is 4.07. The zero-order valence-electron chi connectivity index (χ0n) is 14.2. The molecule has 9 atom stereocenters. The molecule has 2 fully saturated rings. The van der Waals surface area contributed by atoms with E-state index < -0.39 is 85.0 Å². The number of aliphatic hydroxyl groups excluding tert-OH is 8. The van der Waals surface area contributed by atoms with E-state index in [0.29, 0.717) is 0 Å². The number of rotatable bonds is 5. The molecule has 2 aliphatic rings. The Kier molecular flexibility index (Phi) is 44.8. The minimum absolute atomic E-state index is 0. The van der Waals surface area contributed by atoms with E-state index in [1.807, 2.05) is 0 Å². The van der Waals surface area contributed by atoms with Crippen molar-refractivity contribution in [1.29, 1.82) is 0 Å². The second kappa shape index (κ2) is 27.4. The van der Waals surface area contributed by atoms with Gasteiger partial charge in [0.25, 0.3) is 0 Å². The average molecular weight is 681 g/mol. The maximum atomic E-state index is 10.00. The topological polar surface area (TPSA) is 264 Å². The van der Waals surface area contributed by atoms with Crippen molar-refractivity contribution in [3.05, 3.63) is 0 Å². The molecule has 0 bridgehead atoms. The Bertz CT molecular complexity index is 598. The van der Waals surface area contributed by atoms with Gasteiger partial charge in [-0.05, 0) is 0 Å². The van der Waals surface area contributed by atoms with Crippen LogP contribution in [0.5, 0.6) is 0 Å². The normalized spacial score (nSPS) is 36.3. The summed E-state index contributed by atoms with van der Waals surface area (Å²) in [5.74, 6) is -2.22. The molecule has 22 heteroatoms. The fourth-order valence-corrected chi connectivity index (χ4v) is 2.63. The molecule has 2 rings (SSSR count). The number of hydrogen-bond acceptors (Lipinski definition) is 13. The fraction of sp³-hybridized carbons (Fsp3) is 1.00. The summed E-state index contributed by atoms with van der Waals surface area (Å²) in [7, 11) is -4.67. The van der Waals surface area contributed by atoms with Gasteiger partial charge >= 0.3 is 319 Å². The number of aliphatic hydroxyl groups is 8. The summed E-state index contributed by atoms with van der Waals surface area (Å²) >= 11 is 0. The Hall–Kier alpha value is 9.25. The quantitative estimate of drug-likeness (QED) is 0.0955. The van der Waals surface area contributed by atoms with E-state index in [4.69, 9.17) is 41.9 Å². The number of ether oxygens (including phenoxy) is 3. The van der Waals surface area contributed by atoms with Crippen molar-refractivity contribution in [2.24, 2.45) is 0 Å². The molecule has 0 aromatic heterocycles. The zero-order valence-corrected chi connectivity index (χ0v) is 15.0. The standard InChI is InChI=1S/C12H22O11.6K.H2O4S.6H/c13-1-4-6(16)8(18)9(19)11(21-4)23-12(3-15)10(20)7(17)5(2-14)22-12;;;;;;;1-5(2,3)4;;;;;;/h4-11,13-20H,1-3H2;;;;;;;(H2,1,2,3,4);;;;;;/t4-,5-,6-,7-,8+,9-,10+,11-,12+;;;;;;;;;;;;;/m1............./s1. The Labute approximate surface area is 452 Å². The van der Waals surface area contributed by atoms with Gasteiger partial charge in [-0.25, -0.2) is 0 Å². The fourth-order valence-electron chi connectivity index (χ4n) is 2.63. The molecule has 2 saturated heterocycles. The molecule has 0 spiro atoms. The molecule has 0 amide bonds. The van der Waals surface area contributed by atoms with Gasteiger partial charge < -0.3 is 55.1 Å². The van der Waals surface area contributed by atoms with E-state index in [9.17, 15) is 30.6 Å². The molecular weight excluding hydrogens is 651 g/mol. The van der Waals surface area contributed by atoms with E-state index in [1.165, 1.54) is 0 Å². The number of hydrogen-bond donors (Lipinski definition) is 10. The van der Waals surface area contributed by atoms with Gasteiger partial charge in [-0.1, -0.05) is 0 Å². The van der Waals surface area contributed by atoms with Crippen LogP contribution in [-0.2, 0) is 24.6 Å². The van der Waals surface area contributed by atoms with E-state index in [1.54, 1.807) is 0 Å². The van der Waals surface area contributed by atoms with Gasteiger partial charge in [0.2, 0.25) is 5.79 Å². The zero-order chi connectivity index (χ0) is 21.9. The molecule has 0 aromatic carbocycles. The third kappa shape index (κ3) is 18.4. The van der Waals surface area contributed by atoms with Crippen molar-refractivity contribution in [2.75, 3.05) is 19.8 Å². The second-order valence-electron chi connectivity index (χ2n) is 6.01. The summed E-state index contributed by atoms with van der Waals surface area (Å²) in [6.45, 7) is -2.32. The van der Waals surface area contributed by atoms with Crippen molar-refractivity contribution >= 4 is 319 Å². The Morgan fingerprint density at radius 3 is 1.44 bits per heavy atom. The van der Waals surface area contributed by atoms with Gasteiger partial charge in [0.05, 0.1) is 13.2 Å². The maximum absolute atomic E-state index is 10.00. The van der Waals surface area contributed by atoms with Crippen LogP contribution in [0.4, 0.5) is 0 Å². The van der Waals surface area contributed by atoms with Gasteiger partial charge in [0.15, 0.2) is 6.29 Å². The first kappa shape index (κ1) is 55.6. The van der Waals surface area contributed by atoms with Crippen LogP contribution < -0.4 is 0 Å². The predicted octanol–water partition coefficient (Wildman–Crippen LogP) is -9.94. The molecular formula is C12H30K6O15S. The molecule has 10 N–H and O–H groups in total. The Morgan fingerprint density at radius 1 is 0.706 bits per heavy atom. The van der Waals surface area contributed by atoms with E-state index in [-0.39, 0.29) is 308 Å². The van der Waals surface area contributed by atoms with Gasteiger partial charge in [0, 0.05) is 0 Å². The van der Waals surface area contributed by atoms with Crippen LogP contribution in [0.3, 0.4) is 0 Å². The first-order chi connectivity index (χ1) is 12.8. The molecule has 0 radical (unpaired) electrons. The first-order valence-corrected chi connectivity index (χ1v) is 9.14. The van der Waals surface area contributed by atoms with Gasteiger partial charge in [-0.15, -0.1) is 0 Å². The van der Waals surface area contributed by atoms with Crippen LogP contribution in [0.2, 0.25) is 0 Å². The van der Waals surface area contributed by atoms with Gasteiger partial charge in [0.1, 0.15) is 49.3 Å². The molecule has 34 heavy (non-hydrogen) atoms. The minimum atomic E-state index is -4.67. The van der Waals surface area contributed by atoms with Crippen molar-refractivity contribution in [3.8, 4) is 0 Å². The molecule has 2 aliphatic heterocycles. The van der Waals surface area contributed by atoms with E-state index in [2.05, 4.69) is 0 Å². The van der Waals surface area contributed by atoms with E-state index in [0.717, 1.165) is 0 Å². The summed E-state index contributed by atoms with van der Waals surface area (Å²) in [5, 5.41) is 76.7. The van der Waals surface area contributed by atoms with E-state index >= 15 is 0 Å². The first-order valence-electron chi connectivity index (χ1n) is 7.75. The van der Waals surface area contributed by atoms with Gasteiger partial charge in [-0.2, -0.15) is 8.42 Å². The molecule has 2 heterocycles. The van der Waals surface area contributed by atoms with Crippen LogP contribution in [0.15, 0.2) is 0 Å². The average Bonchev–Trinajstić information content (AvgIpc) is 2.86. The molecule has 0 aromatic rings. The van der Waals surface area contributed by atoms with Crippen LogP contribution in [0.25, 0.3) is 0 Å². The molecule has 15 nitrogen and oxygen atoms in total. The molecule has 0 saturated carbocycles. The second-order valence-corrected chi connectivity index (χ2v) is 6.90. The summed E-state index contributed by atoms with van der Waals surface area (Å²) in [5.41, 5.74) is 0. The van der Waals surface area contributed by atoms with Crippen molar-refractivity contribution in [3.63, 3.8) is 0 Å². The summed E-state index contributed by atoms with van der Waals surface area (Å²) in [4.78, 5) is 0. The Balaban J connectivity index is -0.000000162. The monoisotopic (exact) mass is 680 g/mol. The van der Waals surface area contributed by atoms with Crippen LogP contribution >= 0.6 is 0 Å². The third-order valence-electron chi connectivity index (χ3n) is 4.07. The summed E-state index contributed by atoms with van der Waals surface area (Å²) < 4.78 is 47.0. The molecule has 0 unspecified atom stereocenters. The van der Waals surface area contributed by atoms with Crippen LogP contribution in [0.1, 0.15) is 0 Å². The Morgan fingerprint density at radius 2 is 1.12 bits per heavy atom. The molecule has 180 valence electrons. The van der Waals surface area contributed by atoms with Crippen LogP contribution in [0, 0.1) is 0 Å². The van der Waals surface area contributed by atoms with Crippen LogP contribution in [-0.4, -0.2) is 441 Å². The predicted molar refractivity (Wildman–Crippen MR) is 126 cm³/mol. The summed E-state index contributed by atoms with van der Waals surface area (Å²) in [6.07, 6.45) is -12.7. The van der Waals surface area contributed by atoms with Crippen molar-refractivity contribution in [1.82, 2.24) is 0 Å². The molecule has 0 aliphatic carbocycles. The summed E-state index contributed by atoms with van der Waals surface area (Å²) in [6, 6.07) is 0.